The van der Waals surface area contributed by atoms with Gasteiger partial charge in [0, 0.05) is 16.0 Å². The lowest BCUT2D eigenvalue weighted by Crippen LogP contribution is -2.41. The van der Waals surface area contributed by atoms with Gasteiger partial charge in [0.2, 0.25) is 5.91 Å². The lowest BCUT2D eigenvalue weighted by Gasteiger charge is -2.27. The molecule has 0 radical (unpaired) electrons. The number of rotatable bonds is 6. The monoisotopic (exact) mass is 362 g/mol. The third-order valence-corrected chi connectivity index (χ3v) is 5.69. The number of thiophene rings is 2. The molecule has 0 aromatic carbocycles. The van der Waals surface area contributed by atoms with E-state index in [0.717, 1.165) is 16.0 Å². The van der Waals surface area contributed by atoms with Crippen molar-refractivity contribution in [2.45, 2.75) is 25.9 Å². The molecular formula is C17H18N2O3S2. The first-order valence-corrected chi connectivity index (χ1v) is 9.30. The van der Waals surface area contributed by atoms with Gasteiger partial charge in [0.05, 0.1) is 18.7 Å². The molecule has 0 spiro atoms. The zero-order valence-corrected chi connectivity index (χ0v) is 15.0. The number of aryl methyl sites for hydroxylation is 2. The van der Waals surface area contributed by atoms with Crippen molar-refractivity contribution in [3.05, 3.63) is 61.8 Å². The lowest BCUT2D eigenvalue weighted by molar-refractivity contribution is -0.121. The lowest BCUT2D eigenvalue weighted by atomic mass is 9.94. The first kappa shape index (κ1) is 16.9. The predicted molar refractivity (Wildman–Crippen MR) is 94.3 cm³/mol. The normalized spacial score (nSPS) is 13.6. The van der Waals surface area contributed by atoms with Gasteiger partial charge in [-0.3, -0.25) is 4.79 Å². The van der Waals surface area contributed by atoms with Gasteiger partial charge >= 0.3 is 0 Å². The third-order valence-electron chi connectivity index (χ3n) is 3.99. The molecule has 1 amide bonds. The number of nitrogens with one attached hydrogen (secondary N) is 1. The first-order chi connectivity index (χ1) is 11.5. The van der Waals surface area contributed by atoms with E-state index in [-0.39, 0.29) is 18.9 Å². The minimum absolute atomic E-state index is 0.118. The van der Waals surface area contributed by atoms with Crippen LogP contribution in [0.25, 0.3) is 0 Å². The summed E-state index contributed by atoms with van der Waals surface area (Å²) in [6, 6.07) is 5.65. The van der Waals surface area contributed by atoms with Crippen molar-refractivity contribution in [2.24, 2.45) is 0 Å². The van der Waals surface area contributed by atoms with Gasteiger partial charge in [0.25, 0.3) is 0 Å². The summed E-state index contributed by atoms with van der Waals surface area (Å²) < 4.78 is 5.08. The zero-order chi connectivity index (χ0) is 17.2. The highest BCUT2D eigenvalue weighted by Gasteiger charge is 2.33. The van der Waals surface area contributed by atoms with Crippen molar-refractivity contribution in [1.29, 1.82) is 0 Å². The van der Waals surface area contributed by atoms with E-state index in [4.69, 9.17) is 4.52 Å². The van der Waals surface area contributed by atoms with Crippen molar-refractivity contribution in [1.82, 2.24) is 10.5 Å². The molecule has 24 heavy (non-hydrogen) atoms. The number of aromatic nitrogens is 1. The Kier molecular flexibility index (Phi) is 4.84. The molecule has 1 atom stereocenters. The largest absolute Gasteiger partial charge is 0.378 e. The van der Waals surface area contributed by atoms with Crippen molar-refractivity contribution >= 4 is 28.6 Å². The molecule has 7 heteroatoms. The van der Waals surface area contributed by atoms with Gasteiger partial charge in [-0.1, -0.05) is 11.2 Å². The van der Waals surface area contributed by atoms with Gasteiger partial charge in [-0.05, 0) is 42.1 Å². The molecule has 2 N–H and O–H groups in total. The van der Waals surface area contributed by atoms with Crippen LogP contribution in [0.3, 0.4) is 0 Å². The highest BCUT2D eigenvalue weighted by molar-refractivity contribution is 7.10. The number of aliphatic hydroxyl groups is 1. The summed E-state index contributed by atoms with van der Waals surface area (Å²) in [4.78, 5) is 13.1. The van der Waals surface area contributed by atoms with Crippen LogP contribution in [0.5, 0.6) is 0 Å². The number of hydrogen-bond donors (Lipinski definition) is 2. The van der Waals surface area contributed by atoms with Crippen molar-refractivity contribution in [3.8, 4) is 0 Å². The van der Waals surface area contributed by atoms with Crippen LogP contribution in [0.4, 0.5) is 0 Å². The Morgan fingerprint density at radius 2 is 2.21 bits per heavy atom. The second-order valence-electron chi connectivity index (χ2n) is 5.61. The van der Waals surface area contributed by atoms with Crippen LogP contribution in [0, 0.1) is 13.8 Å². The van der Waals surface area contributed by atoms with E-state index in [1.165, 1.54) is 22.7 Å². The van der Waals surface area contributed by atoms with Crippen molar-refractivity contribution < 1.29 is 14.4 Å². The Labute approximate surface area is 147 Å². The molecule has 0 aliphatic rings. The SMILES string of the molecule is Cc1noc(C)c1CC(=O)NC[C@](O)(c1ccsc1)c1cccs1. The van der Waals surface area contributed by atoms with E-state index in [2.05, 4.69) is 10.5 Å². The second-order valence-corrected chi connectivity index (χ2v) is 7.33. The standard InChI is InChI=1S/C17H18N2O3S2/c1-11-14(12(2)22-19-11)8-16(20)18-10-17(21,13-5-7-23-9-13)15-4-3-6-24-15/h3-7,9,21H,8,10H2,1-2H3,(H,18,20)/t17-/m0/s1. The molecule has 0 aliphatic carbocycles. The summed E-state index contributed by atoms with van der Waals surface area (Å²) in [5, 5.41) is 23.6. The molecular weight excluding hydrogens is 344 g/mol. The smallest absolute Gasteiger partial charge is 0.224 e. The Bertz CT molecular complexity index is 753. The Balaban J connectivity index is 1.74. The Morgan fingerprint density at radius 3 is 2.79 bits per heavy atom. The highest BCUT2D eigenvalue weighted by atomic mass is 32.1. The number of nitrogens with zero attached hydrogens (tertiary/aromatic N) is 1. The molecule has 0 saturated heterocycles. The van der Waals surface area contributed by atoms with Crippen LogP contribution in [0.15, 0.2) is 38.9 Å². The molecule has 0 unspecified atom stereocenters. The van der Waals surface area contributed by atoms with Crippen LogP contribution in [-0.2, 0) is 16.8 Å². The summed E-state index contributed by atoms with van der Waals surface area (Å²) >= 11 is 2.99. The number of amides is 1. The molecule has 0 fully saturated rings. The summed E-state index contributed by atoms with van der Waals surface area (Å²) in [6.45, 7) is 3.72. The molecule has 5 nitrogen and oxygen atoms in total. The van der Waals surface area contributed by atoms with Crippen LogP contribution in [-0.4, -0.2) is 22.7 Å². The maximum absolute atomic E-state index is 12.3. The molecule has 3 aromatic heterocycles. The number of carbonyl (C=O) groups is 1. The quantitative estimate of drug-likeness (QED) is 0.707. The van der Waals surface area contributed by atoms with Crippen molar-refractivity contribution in [3.63, 3.8) is 0 Å². The predicted octanol–water partition coefficient (Wildman–Crippen LogP) is 3.01. The van der Waals surface area contributed by atoms with Crippen molar-refractivity contribution in [2.75, 3.05) is 6.54 Å². The average molecular weight is 362 g/mol. The average Bonchev–Trinajstić information content (AvgIpc) is 3.31. The maximum Gasteiger partial charge on any atom is 0.224 e. The molecule has 3 heterocycles. The van der Waals surface area contributed by atoms with E-state index in [9.17, 15) is 9.90 Å². The zero-order valence-electron chi connectivity index (χ0n) is 13.4. The number of hydrogen-bond acceptors (Lipinski definition) is 6. The van der Waals surface area contributed by atoms with Gasteiger partial charge in [-0.15, -0.1) is 11.3 Å². The number of carbonyl (C=O) groups excluding carboxylic acids is 1. The molecule has 3 rings (SSSR count). The van der Waals surface area contributed by atoms with Gasteiger partial charge in [-0.2, -0.15) is 11.3 Å². The summed E-state index contributed by atoms with van der Waals surface area (Å²) in [5.74, 6) is 0.476. The first-order valence-electron chi connectivity index (χ1n) is 7.48. The van der Waals surface area contributed by atoms with E-state index < -0.39 is 5.60 Å². The fraction of sp³-hybridized carbons (Fsp3) is 0.294. The van der Waals surface area contributed by atoms with E-state index in [0.29, 0.717) is 11.5 Å². The van der Waals surface area contributed by atoms with Gasteiger partial charge in [0.1, 0.15) is 11.4 Å². The fourth-order valence-corrected chi connectivity index (χ4v) is 4.12. The highest BCUT2D eigenvalue weighted by Crippen LogP contribution is 2.33. The summed E-state index contributed by atoms with van der Waals surface area (Å²) in [6.07, 6.45) is 0.186. The van der Waals surface area contributed by atoms with Crippen LogP contribution in [0.1, 0.15) is 27.5 Å². The topological polar surface area (TPSA) is 75.4 Å². The molecule has 0 bridgehead atoms. The van der Waals surface area contributed by atoms with Crippen LogP contribution in [0.2, 0.25) is 0 Å². The Morgan fingerprint density at radius 1 is 1.38 bits per heavy atom. The van der Waals surface area contributed by atoms with Crippen LogP contribution >= 0.6 is 22.7 Å². The maximum atomic E-state index is 12.3. The fourth-order valence-electron chi connectivity index (χ4n) is 2.55. The van der Waals surface area contributed by atoms with Gasteiger partial charge < -0.3 is 14.9 Å². The molecule has 0 aliphatic heterocycles. The summed E-state index contributed by atoms with van der Waals surface area (Å²) in [7, 11) is 0. The van der Waals surface area contributed by atoms with Gasteiger partial charge in [0.15, 0.2) is 0 Å². The molecule has 3 aromatic rings. The van der Waals surface area contributed by atoms with Crippen LogP contribution < -0.4 is 5.32 Å². The van der Waals surface area contributed by atoms with Gasteiger partial charge in [-0.25, -0.2) is 0 Å². The van der Waals surface area contributed by atoms with E-state index >= 15 is 0 Å². The second kappa shape index (κ2) is 6.88. The molecule has 0 saturated carbocycles. The minimum Gasteiger partial charge on any atom is -0.378 e. The Hall–Kier alpha value is -1.96. The summed E-state index contributed by atoms with van der Waals surface area (Å²) in [5.41, 5.74) is 1.08. The minimum atomic E-state index is -1.22. The molecule has 126 valence electrons. The third kappa shape index (κ3) is 3.28. The van der Waals surface area contributed by atoms with E-state index in [1.807, 2.05) is 41.3 Å². The van der Waals surface area contributed by atoms with E-state index in [1.54, 1.807) is 6.92 Å².